The normalized spacial score (nSPS) is 14.1. The zero-order valence-electron chi connectivity index (χ0n) is 15.0. The highest BCUT2D eigenvalue weighted by molar-refractivity contribution is 6.07. The van der Waals surface area contributed by atoms with Crippen LogP contribution in [0.1, 0.15) is 39.3 Å². The Morgan fingerprint density at radius 3 is 2.33 bits per heavy atom. The van der Waals surface area contributed by atoms with Crippen molar-refractivity contribution in [1.29, 1.82) is 0 Å². The molecule has 0 unspecified atom stereocenters. The molecule has 4 heteroatoms. The number of nitrogens with zero attached hydrogens (tertiary/aromatic N) is 2. The summed E-state index contributed by atoms with van der Waals surface area (Å²) in [5.41, 5.74) is 2.83. The van der Waals surface area contributed by atoms with E-state index in [1.807, 2.05) is 41.3 Å². The molecular weight excluding hydrogens is 336 g/mol. The van der Waals surface area contributed by atoms with E-state index in [0.717, 1.165) is 42.5 Å². The van der Waals surface area contributed by atoms with Crippen molar-refractivity contribution < 1.29 is 9.59 Å². The summed E-state index contributed by atoms with van der Waals surface area (Å²) in [6.45, 7) is 1.64. The number of likely N-dealkylation sites (tertiary alicyclic amines) is 1. The summed E-state index contributed by atoms with van der Waals surface area (Å²) in [6.07, 6.45) is 5.37. The Kier molecular flexibility index (Phi) is 4.79. The van der Waals surface area contributed by atoms with Crippen molar-refractivity contribution in [2.45, 2.75) is 12.8 Å². The first kappa shape index (κ1) is 17.2. The second-order valence-electron chi connectivity index (χ2n) is 6.70. The number of carbonyl (C=O) groups is 2. The van der Waals surface area contributed by atoms with Crippen LogP contribution in [0.2, 0.25) is 0 Å². The Bertz CT molecular complexity index is 1020. The number of hydrogen-bond donors (Lipinski definition) is 0. The smallest absolute Gasteiger partial charge is 0.253 e. The van der Waals surface area contributed by atoms with Crippen LogP contribution in [-0.4, -0.2) is 34.7 Å². The highest BCUT2D eigenvalue weighted by atomic mass is 16.2. The van der Waals surface area contributed by atoms with Gasteiger partial charge in [0.15, 0.2) is 5.78 Å². The summed E-state index contributed by atoms with van der Waals surface area (Å²) in [7, 11) is 0. The predicted molar refractivity (Wildman–Crippen MR) is 107 cm³/mol. The average Bonchev–Trinajstić information content (AvgIpc) is 3.26. The molecule has 1 aromatic heterocycles. The maximum atomic E-state index is 12.4. The molecule has 3 aromatic rings. The molecule has 2 heterocycles. The van der Waals surface area contributed by atoms with Crippen molar-refractivity contribution in [2.24, 2.45) is 0 Å². The van der Waals surface area contributed by atoms with Gasteiger partial charge in [-0.2, -0.15) is 0 Å². The molecule has 4 nitrogen and oxygen atoms in total. The largest absolute Gasteiger partial charge is 0.339 e. The summed E-state index contributed by atoms with van der Waals surface area (Å²) in [4.78, 5) is 31.2. The van der Waals surface area contributed by atoms with Crippen LogP contribution in [0, 0.1) is 0 Å². The lowest BCUT2D eigenvalue weighted by Crippen LogP contribution is -2.27. The second kappa shape index (κ2) is 7.54. The van der Waals surface area contributed by atoms with Crippen molar-refractivity contribution in [3.8, 4) is 0 Å². The zero-order chi connectivity index (χ0) is 18.6. The Hall–Kier alpha value is -3.27. The number of hydrogen-bond acceptors (Lipinski definition) is 3. The van der Waals surface area contributed by atoms with Gasteiger partial charge in [0.1, 0.15) is 0 Å². The average molecular weight is 356 g/mol. The summed E-state index contributed by atoms with van der Waals surface area (Å²) in [5, 5.41) is 1.07. The molecule has 0 bridgehead atoms. The first-order valence-electron chi connectivity index (χ1n) is 9.18. The molecule has 4 rings (SSSR count). The summed E-state index contributed by atoms with van der Waals surface area (Å²) in [5.74, 6) is -0.0625. The van der Waals surface area contributed by atoms with E-state index >= 15 is 0 Å². The molecule has 0 saturated carbocycles. The number of carbonyl (C=O) groups excluding carboxylic acids is 2. The van der Waals surface area contributed by atoms with E-state index in [2.05, 4.69) is 4.98 Å². The van der Waals surface area contributed by atoms with Gasteiger partial charge in [-0.15, -0.1) is 0 Å². The molecule has 2 aromatic carbocycles. The third-order valence-electron chi connectivity index (χ3n) is 4.84. The third-order valence-corrected chi connectivity index (χ3v) is 4.84. The molecule has 1 aliphatic heterocycles. The van der Waals surface area contributed by atoms with E-state index in [0.29, 0.717) is 11.1 Å². The monoisotopic (exact) mass is 356 g/mol. The van der Waals surface area contributed by atoms with Gasteiger partial charge in [0, 0.05) is 29.6 Å². The summed E-state index contributed by atoms with van der Waals surface area (Å²) in [6, 6.07) is 18.6. The lowest BCUT2D eigenvalue weighted by molar-refractivity contribution is 0.0792. The van der Waals surface area contributed by atoms with E-state index in [-0.39, 0.29) is 11.7 Å². The quantitative estimate of drug-likeness (QED) is 0.515. The molecule has 0 atom stereocenters. The van der Waals surface area contributed by atoms with E-state index in [1.54, 1.807) is 30.3 Å². The van der Waals surface area contributed by atoms with Crippen LogP contribution in [0.15, 0.2) is 66.7 Å². The fourth-order valence-corrected chi connectivity index (χ4v) is 3.31. The van der Waals surface area contributed by atoms with Gasteiger partial charge in [0.05, 0.1) is 11.2 Å². The molecule has 1 saturated heterocycles. The number of benzene rings is 2. The fraction of sp³-hybridized carbons (Fsp3) is 0.174. The third kappa shape index (κ3) is 3.80. The Morgan fingerprint density at radius 2 is 1.56 bits per heavy atom. The molecule has 0 aliphatic carbocycles. The fourth-order valence-electron chi connectivity index (χ4n) is 3.31. The molecule has 0 spiro atoms. The number of fused-ring (bicyclic) bond motifs is 1. The number of pyridine rings is 1. The number of amides is 1. The van der Waals surface area contributed by atoms with Gasteiger partial charge in [0.25, 0.3) is 5.91 Å². The van der Waals surface area contributed by atoms with Gasteiger partial charge in [0.2, 0.25) is 0 Å². The van der Waals surface area contributed by atoms with Crippen molar-refractivity contribution >= 4 is 28.7 Å². The van der Waals surface area contributed by atoms with E-state index < -0.39 is 0 Å². The summed E-state index contributed by atoms with van der Waals surface area (Å²) >= 11 is 0. The van der Waals surface area contributed by atoms with Crippen molar-refractivity contribution in [3.05, 3.63) is 83.6 Å². The zero-order valence-corrected chi connectivity index (χ0v) is 15.0. The Balaban J connectivity index is 1.47. The number of ketones is 1. The number of rotatable bonds is 4. The van der Waals surface area contributed by atoms with Crippen LogP contribution in [0.25, 0.3) is 17.0 Å². The molecule has 1 fully saturated rings. The molecule has 1 amide bonds. The van der Waals surface area contributed by atoms with E-state index in [1.165, 1.54) is 6.08 Å². The first-order valence-corrected chi connectivity index (χ1v) is 9.18. The maximum absolute atomic E-state index is 12.4. The second-order valence-corrected chi connectivity index (χ2v) is 6.70. The first-order chi connectivity index (χ1) is 13.2. The van der Waals surface area contributed by atoms with Crippen molar-refractivity contribution in [3.63, 3.8) is 0 Å². The van der Waals surface area contributed by atoms with E-state index in [9.17, 15) is 9.59 Å². The highest BCUT2D eigenvalue weighted by Gasteiger charge is 2.19. The van der Waals surface area contributed by atoms with Crippen LogP contribution in [0.4, 0.5) is 0 Å². The van der Waals surface area contributed by atoms with Crippen LogP contribution in [0.5, 0.6) is 0 Å². The Labute approximate surface area is 158 Å². The lowest BCUT2D eigenvalue weighted by atomic mass is 10.1. The van der Waals surface area contributed by atoms with Gasteiger partial charge in [-0.05, 0) is 49.3 Å². The molecule has 134 valence electrons. The molecular formula is C23H20N2O2. The topological polar surface area (TPSA) is 50.3 Å². The Morgan fingerprint density at radius 1 is 0.852 bits per heavy atom. The lowest BCUT2D eigenvalue weighted by Gasteiger charge is -2.15. The van der Waals surface area contributed by atoms with Gasteiger partial charge in [-0.3, -0.25) is 9.59 Å². The number of aromatic nitrogens is 1. The number of allylic oxidation sites excluding steroid dienone is 1. The standard InChI is InChI=1S/C23H20N2O2/c26-22(14-13-20-12-11-17-5-1-2-6-21(17)24-20)18-7-9-19(10-8-18)23(27)25-15-3-4-16-25/h1-2,5-14H,3-4,15-16H2/b14-13+. The minimum Gasteiger partial charge on any atom is -0.339 e. The summed E-state index contributed by atoms with van der Waals surface area (Å²) < 4.78 is 0. The predicted octanol–water partition coefficient (Wildman–Crippen LogP) is 4.37. The molecule has 1 aliphatic rings. The number of para-hydroxylation sites is 1. The van der Waals surface area contributed by atoms with Gasteiger partial charge in [-0.25, -0.2) is 4.98 Å². The van der Waals surface area contributed by atoms with Crippen molar-refractivity contribution in [1.82, 2.24) is 9.88 Å². The molecule has 0 N–H and O–H groups in total. The van der Waals surface area contributed by atoms with Gasteiger partial charge < -0.3 is 4.90 Å². The van der Waals surface area contributed by atoms with Crippen LogP contribution < -0.4 is 0 Å². The highest BCUT2D eigenvalue weighted by Crippen LogP contribution is 2.15. The SMILES string of the molecule is O=C(/C=C/c1ccc2ccccc2n1)c1ccc(C(=O)N2CCCC2)cc1. The van der Waals surface area contributed by atoms with Gasteiger partial charge >= 0.3 is 0 Å². The van der Waals surface area contributed by atoms with Crippen LogP contribution >= 0.6 is 0 Å². The van der Waals surface area contributed by atoms with Crippen LogP contribution in [-0.2, 0) is 0 Å². The molecule has 0 radical (unpaired) electrons. The maximum Gasteiger partial charge on any atom is 0.253 e. The minimum absolute atomic E-state index is 0.0439. The van der Waals surface area contributed by atoms with Gasteiger partial charge in [-0.1, -0.05) is 36.4 Å². The van der Waals surface area contributed by atoms with E-state index in [4.69, 9.17) is 0 Å². The van der Waals surface area contributed by atoms with Crippen molar-refractivity contribution in [2.75, 3.05) is 13.1 Å². The minimum atomic E-state index is -0.106. The molecule has 27 heavy (non-hydrogen) atoms. The van der Waals surface area contributed by atoms with Crippen LogP contribution in [0.3, 0.4) is 0 Å².